The highest BCUT2D eigenvalue weighted by Gasteiger charge is 2.51. The molecule has 0 radical (unpaired) electrons. The lowest BCUT2D eigenvalue weighted by Crippen LogP contribution is -2.62. The molecule has 0 spiro atoms. The molecule has 1 heterocycles. The molecule has 0 aromatic carbocycles. The first-order valence-electron chi connectivity index (χ1n) is 6.56. The SMILES string of the molecule is CO[C@H]1O[C@H](CBr)[C@@H](OC(C)=O)[C@H](OC(C)=O)[C@H]1OC(C)=O. The summed E-state index contributed by atoms with van der Waals surface area (Å²) >= 11 is 3.24. The van der Waals surface area contributed by atoms with Crippen molar-refractivity contribution in [2.24, 2.45) is 0 Å². The van der Waals surface area contributed by atoms with Gasteiger partial charge in [-0.3, -0.25) is 14.4 Å². The Morgan fingerprint density at radius 1 is 0.909 bits per heavy atom. The van der Waals surface area contributed by atoms with Gasteiger partial charge < -0.3 is 23.7 Å². The lowest BCUT2D eigenvalue weighted by atomic mass is 9.99. The van der Waals surface area contributed by atoms with Crippen LogP contribution in [0.15, 0.2) is 0 Å². The van der Waals surface area contributed by atoms with Gasteiger partial charge in [0.05, 0.1) is 0 Å². The molecular formula is C13H19BrO8. The van der Waals surface area contributed by atoms with Crippen LogP contribution in [0.5, 0.6) is 0 Å². The van der Waals surface area contributed by atoms with E-state index in [2.05, 4.69) is 15.9 Å². The maximum atomic E-state index is 11.4. The summed E-state index contributed by atoms with van der Waals surface area (Å²) in [6, 6.07) is 0. The van der Waals surface area contributed by atoms with Crippen molar-refractivity contribution in [3.8, 4) is 0 Å². The van der Waals surface area contributed by atoms with E-state index in [1.807, 2.05) is 0 Å². The van der Waals surface area contributed by atoms with Gasteiger partial charge in [-0.15, -0.1) is 0 Å². The van der Waals surface area contributed by atoms with Crippen molar-refractivity contribution >= 4 is 33.8 Å². The molecule has 0 bridgehead atoms. The van der Waals surface area contributed by atoms with Gasteiger partial charge in [0, 0.05) is 33.2 Å². The zero-order valence-electron chi connectivity index (χ0n) is 12.7. The number of rotatable bonds is 5. The molecule has 0 aliphatic carbocycles. The average molecular weight is 383 g/mol. The summed E-state index contributed by atoms with van der Waals surface area (Å²) in [6.07, 6.45) is -4.61. The van der Waals surface area contributed by atoms with E-state index in [-0.39, 0.29) is 0 Å². The van der Waals surface area contributed by atoms with E-state index in [0.717, 1.165) is 0 Å². The monoisotopic (exact) mass is 382 g/mol. The molecule has 1 saturated heterocycles. The topological polar surface area (TPSA) is 97.4 Å². The largest absolute Gasteiger partial charge is 0.456 e. The Labute approximate surface area is 136 Å². The van der Waals surface area contributed by atoms with Gasteiger partial charge in [-0.2, -0.15) is 0 Å². The molecule has 8 nitrogen and oxygen atoms in total. The lowest BCUT2D eigenvalue weighted by Gasteiger charge is -2.43. The molecular weight excluding hydrogens is 364 g/mol. The number of esters is 3. The van der Waals surface area contributed by atoms with E-state index in [4.69, 9.17) is 23.7 Å². The molecule has 0 aromatic rings. The van der Waals surface area contributed by atoms with Crippen LogP contribution in [0.4, 0.5) is 0 Å². The number of carbonyl (C=O) groups excluding carboxylic acids is 3. The smallest absolute Gasteiger partial charge is 0.303 e. The molecule has 0 aromatic heterocycles. The second-order valence-electron chi connectivity index (χ2n) is 4.66. The minimum absolute atomic E-state index is 0.301. The molecule has 0 unspecified atom stereocenters. The van der Waals surface area contributed by atoms with Crippen LogP contribution in [0.2, 0.25) is 0 Å². The highest BCUT2D eigenvalue weighted by atomic mass is 79.9. The quantitative estimate of drug-likeness (QED) is 0.386. The summed E-state index contributed by atoms with van der Waals surface area (Å²) in [5.74, 6) is -1.79. The standard InChI is InChI=1S/C13H19BrO8/c1-6(15)19-10-9(5-14)22-13(18-4)12(21-8(3)17)11(10)20-7(2)16/h9-13H,5H2,1-4H3/t9-,10-,11+,12-,13+/m1/s1. The fourth-order valence-electron chi connectivity index (χ4n) is 2.17. The van der Waals surface area contributed by atoms with Crippen LogP contribution >= 0.6 is 15.9 Å². The van der Waals surface area contributed by atoms with Crippen molar-refractivity contribution < 1.29 is 38.1 Å². The lowest BCUT2D eigenvalue weighted by molar-refractivity contribution is -0.293. The van der Waals surface area contributed by atoms with E-state index < -0.39 is 48.6 Å². The number of ether oxygens (including phenoxy) is 5. The Morgan fingerprint density at radius 3 is 1.77 bits per heavy atom. The Kier molecular flexibility index (Phi) is 7.24. The highest BCUT2D eigenvalue weighted by molar-refractivity contribution is 9.09. The Balaban J connectivity index is 3.14. The van der Waals surface area contributed by atoms with Crippen LogP contribution < -0.4 is 0 Å². The molecule has 0 saturated carbocycles. The molecule has 126 valence electrons. The maximum Gasteiger partial charge on any atom is 0.303 e. The van der Waals surface area contributed by atoms with Crippen LogP contribution in [-0.4, -0.2) is 61.1 Å². The molecule has 5 atom stereocenters. The third-order valence-corrected chi connectivity index (χ3v) is 3.52. The number of hydrogen-bond donors (Lipinski definition) is 0. The Morgan fingerprint density at radius 2 is 1.36 bits per heavy atom. The first-order chi connectivity index (χ1) is 10.3. The zero-order valence-corrected chi connectivity index (χ0v) is 14.3. The zero-order chi connectivity index (χ0) is 16.9. The van der Waals surface area contributed by atoms with Crippen molar-refractivity contribution in [1.29, 1.82) is 0 Å². The van der Waals surface area contributed by atoms with Gasteiger partial charge in [-0.25, -0.2) is 0 Å². The summed E-state index contributed by atoms with van der Waals surface area (Å²) in [6.45, 7) is 3.63. The Bertz CT molecular complexity index is 396. The molecule has 1 fully saturated rings. The van der Waals surface area contributed by atoms with Crippen molar-refractivity contribution in [2.45, 2.75) is 51.5 Å². The number of hydrogen-bond acceptors (Lipinski definition) is 8. The van der Waals surface area contributed by atoms with Gasteiger partial charge in [0.2, 0.25) is 0 Å². The molecule has 1 aliphatic rings. The predicted molar refractivity (Wildman–Crippen MR) is 76.1 cm³/mol. The average Bonchev–Trinajstić information content (AvgIpc) is 2.41. The third kappa shape index (κ3) is 4.92. The fourth-order valence-corrected chi connectivity index (χ4v) is 2.69. The molecule has 1 rings (SSSR count). The number of alkyl halides is 1. The number of halogens is 1. The maximum absolute atomic E-state index is 11.4. The van der Waals surface area contributed by atoms with E-state index in [9.17, 15) is 14.4 Å². The minimum Gasteiger partial charge on any atom is -0.456 e. The van der Waals surface area contributed by atoms with Crippen molar-refractivity contribution in [3.63, 3.8) is 0 Å². The molecule has 9 heteroatoms. The normalized spacial score (nSPS) is 31.2. The number of carbonyl (C=O) groups is 3. The summed E-state index contributed by atoms with van der Waals surface area (Å²) in [4.78, 5) is 34.0. The van der Waals surface area contributed by atoms with Crippen molar-refractivity contribution in [2.75, 3.05) is 12.4 Å². The van der Waals surface area contributed by atoms with Gasteiger partial charge in [0.1, 0.15) is 6.10 Å². The van der Waals surface area contributed by atoms with E-state index in [1.165, 1.54) is 27.9 Å². The molecule has 1 aliphatic heterocycles. The van der Waals surface area contributed by atoms with Crippen molar-refractivity contribution in [3.05, 3.63) is 0 Å². The van der Waals surface area contributed by atoms with Crippen LogP contribution in [0.3, 0.4) is 0 Å². The summed E-state index contributed by atoms with van der Waals surface area (Å²) in [5, 5.41) is 0.301. The van der Waals surface area contributed by atoms with Gasteiger partial charge in [0.25, 0.3) is 0 Å². The first-order valence-corrected chi connectivity index (χ1v) is 7.68. The number of methoxy groups -OCH3 is 1. The van der Waals surface area contributed by atoms with E-state index in [0.29, 0.717) is 5.33 Å². The predicted octanol–water partition coefficient (Wildman–Crippen LogP) is 0.548. The second kappa shape index (κ2) is 8.44. The van der Waals surface area contributed by atoms with Gasteiger partial charge >= 0.3 is 17.9 Å². The fraction of sp³-hybridized carbons (Fsp3) is 0.769. The molecule has 0 amide bonds. The van der Waals surface area contributed by atoms with E-state index >= 15 is 0 Å². The minimum atomic E-state index is -1.05. The molecule has 0 N–H and O–H groups in total. The summed E-state index contributed by atoms with van der Waals surface area (Å²) in [7, 11) is 1.36. The van der Waals surface area contributed by atoms with Crippen molar-refractivity contribution in [1.82, 2.24) is 0 Å². The third-order valence-electron chi connectivity index (χ3n) is 2.88. The highest BCUT2D eigenvalue weighted by Crippen LogP contribution is 2.29. The van der Waals surface area contributed by atoms with Gasteiger partial charge in [0.15, 0.2) is 24.6 Å². The van der Waals surface area contributed by atoms with E-state index in [1.54, 1.807) is 0 Å². The van der Waals surface area contributed by atoms with Crippen LogP contribution in [-0.2, 0) is 38.1 Å². The second-order valence-corrected chi connectivity index (χ2v) is 5.30. The van der Waals surface area contributed by atoms with Crippen LogP contribution in [0.25, 0.3) is 0 Å². The summed E-state index contributed by atoms with van der Waals surface area (Å²) < 4.78 is 26.3. The van der Waals surface area contributed by atoms with Gasteiger partial charge in [-0.05, 0) is 0 Å². The van der Waals surface area contributed by atoms with Crippen LogP contribution in [0, 0.1) is 0 Å². The Hall–Kier alpha value is -1.19. The first kappa shape index (κ1) is 18.9. The van der Waals surface area contributed by atoms with Gasteiger partial charge in [-0.1, -0.05) is 15.9 Å². The summed E-state index contributed by atoms with van der Waals surface area (Å²) in [5.41, 5.74) is 0. The molecule has 22 heavy (non-hydrogen) atoms. The van der Waals surface area contributed by atoms with Crippen LogP contribution in [0.1, 0.15) is 20.8 Å².